The molecule has 0 amide bonds. The van der Waals surface area contributed by atoms with Crippen molar-refractivity contribution in [2.45, 2.75) is 19.1 Å². The minimum atomic E-state index is -1.08. The Morgan fingerprint density at radius 3 is 3.06 bits per heavy atom. The van der Waals surface area contributed by atoms with Gasteiger partial charge in [-0.3, -0.25) is 0 Å². The Labute approximate surface area is 105 Å². The molecular weight excluding hydrogens is 237 g/mol. The summed E-state index contributed by atoms with van der Waals surface area (Å²) in [4.78, 5) is 5.94. The summed E-state index contributed by atoms with van der Waals surface area (Å²) in [5.74, 6) is -0.161. The van der Waals surface area contributed by atoms with Crippen LogP contribution < -0.4 is 10.2 Å². The van der Waals surface area contributed by atoms with Gasteiger partial charge in [0.05, 0.1) is 6.61 Å². The maximum atomic E-state index is 13.9. The van der Waals surface area contributed by atoms with Gasteiger partial charge in [-0.2, -0.15) is 0 Å². The molecule has 18 heavy (non-hydrogen) atoms. The van der Waals surface area contributed by atoms with Gasteiger partial charge < -0.3 is 20.4 Å². The lowest BCUT2D eigenvalue weighted by Gasteiger charge is -2.33. The average molecular weight is 255 g/mol. The molecule has 0 saturated carbocycles. The predicted octanol–water partition coefficient (Wildman–Crippen LogP) is 0.0445. The van der Waals surface area contributed by atoms with Gasteiger partial charge in [-0.05, 0) is 13.0 Å². The van der Waals surface area contributed by atoms with Crippen LogP contribution in [0.4, 0.5) is 10.2 Å². The van der Waals surface area contributed by atoms with Crippen molar-refractivity contribution in [3.8, 4) is 0 Å². The van der Waals surface area contributed by atoms with E-state index in [1.807, 2.05) is 11.8 Å². The van der Waals surface area contributed by atoms with Gasteiger partial charge in [-0.1, -0.05) is 0 Å². The fourth-order valence-corrected chi connectivity index (χ4v) is 2.09. The van der Waals surface area contributed by atoms with Crippen LogP contribution in [0.3, 0.4) is 0 Å². The van der Waals surface area contributed by atoms with E-state index in [4.69, 9.17) is 5.11 Å². The highest BCUT2D eigenvalue weighted by Crippen LogP contribution is 2.21. The molecule has 100 valence electrons. The van der Waals surface area contributed by atoms with Crippen molar-refractivity contribution < 1.29 is 14.6 Å². The summed E-state index contributed by atoms with van der Waals surface area (Å²) in [6.45, 7) is 3.80. The Bertz CT molecular complexity index is 416. The van der Waals surface area contributed by atoms with Gasteiger partial charge in [0.2, 0.25) is 0 Å². The highest BCUT2D eigenvalue weighted by molar-refractivity contribution is 5.42. The summed E-state index contributed by atoms with van der Waals surface area (Å²) in [6, 6.07) is 1.53. The highest BCUT2D eigenvalue weighted by atomic mass is 19.1. The summed E-state index contributed by atoms with van der Waals surface area (Å²) in [5, 5.41) is 21.5. The van der Waals surface area contributed by atoms with Gasteiger partial charge in [0.15, 0.2) is 11.6 Å². The summed E-state index contributed by atoms with van der Waals surface area (Å²) in [5.41, 5.74) is 0.293. The van der Waals surface area contributed by atoms with E-state index in [0.29, 0.717) is 30.5 Å². The van der Waals surface area contributed by atoms with Crippen molar-refractivity contribution in [1.29, 1.82) is 0 Å². The van der Waals surface area contributed by atoms with E-state index in [9.17, 15) is 9.50 Å². The lowest BCUT2D eigenvalue weighted by molar-refractivity contribution is 0.0951. The van der Waals surface area contributed by atoms with Crippen LogP contribution in [0.15, 0.2) is 12.3 Å². The number of anilines is 1. The van der Waals surface area contributed by atoms with E-state index in [0.717, 1.165) is 6.54 Å². The van der Waals surface area contributed by atoms with Crippen molar-refractivity contribution in [2.75, 3.05) is 31.1 Å². The molecule has 0 spiro atoms. The maximum Gasteiger partial charge on any atom is 0.166 e. The molecule has 0 aliphatic carbocycles. The molecule has 3 N–H and O–H groups in total. The van der Waals surface area contributed by atoms with E-state index < -0.39 is 18.5 Å². The zero-order valence-electron chi connectivity index (χ0n) is 10.3. The summed E-state index contributed by atoms with van der Waals surface area (Å²) in [7, 11) is 0. The van der Waals surface area contributed by atoms with Gasteiger partial charge in [0, 0.05) is 37.4 Å². The van der Waals surface area contributed by atoms with Gasteiger partial charge in [-0.25, -0.2) is 9.37 Å². The number of halogens is 1. The van der Waals surface area contributed by atoms with Crippen LogP contribution in [-0.4, -0.2) is 47.5 Å². The van der Waals surface area contributed by atoms with Gasteiger partial charge in [-0.15, -0.1) is 0 Å². The Morgan fingerprint density at radius 1 is 1.67 bits per heavy atom. The standard InChI is InChI=1S/C12H18FN3O2/c1-8-6-16(3-2-14-8)12-10(13)4-9(5-15-12)11(18)7-17/h4-5,8,11,14,17-18H,2-3,6-7H2,1H3/t8?,11-/m1/s1. The molecule has 0 bridgehead atoms. The molecule has 1 aromatic heterocycles. The van der Waals surface area contributed by atoms with Crippen LogP contribution in [0.5, 0.6) is 0 Å². The Kier molecular flexibility index (Phi) is 4.11. The molecule has 1 unspecified atom stereocenters. The summed E-state index contributed by atoms with van der Waals surface area (Å²) in [6.07, 6.45) is 0.328. The van der Waals surface area contributed by atoms with Crippen LogP contribution >= 0.6 is 0 Å². The molecule has 2 heterocycles. The SMILES string of the molecule is CC1CN(c2ncc([C@H](O)CO)cc2F)CCN1. The van der Waals surface area contributed by atoms with E-state index in [-0.39, 0.29) is 0 Å². The Balaban J connectivity index is 2.19. The maximum absolute atomic E-state index is 13.9. The first-order valence-electron chi connectivity index (χ1n) is 6.04. The van der Waals surface area contributed by atoms with Crippen LogP contribution in [-0.2, 0) is 0 Å². The molecular formula is C12H18FN3O2. The third-order valence-electron chi connectivity index (χ3n) is 3.07. The molecule has 0 radical (unpaired) electrons. The molecule has 1 aliphatic heterocycles. The average Bonchev–Trinajstić information content (AvgIpc) is 2.37. The van der Waals surface area contributed by atoms with Crippen molar-refractivity contribution >= 4 is 5.82 Å². The second-order valence-corrected chi connectivity index (χ2v) is 4.57. The van der Waals surface area contributed by atoms with Crippen LogP contribution in [0.1, 0.15) is 18.6 Å². The Morgan fingerprint density at radius 2 is 2.44 bits per heavy atom. The minimum absolute atomic E-state index is 0.293. The lowest BCUT2D eigenvalue weighted by Crippen LogP contribution is -2.49. The zero-order chi connectivity index (χ0) is 13.1. The van der Waals surface area contributed by atoms with E-state index in [2.05, 4.69) is 10.3 Å². The smallest absolute Gasteiger partial charge is 0.166 e. The van der Waals surface area contributed by atoms with Crippen molar-refractivity contribution in [3.05, 3.63) is 23.6 Å². The zero-order valence-corrected chi connectivity index (χ0v) is 10.3. The highest BCUT2D eigenvalue weighted by Gasteiger charge is 2.20. The third-order valence-corrected chi connectivity index (χ3v) is 3.07. The van der Waals surface area contributed by atoms with Gasteiger partial charge >= 0.3 is 0 Å². The first kappa shape index (κ1) is 13.2. The number of aliphatic hydroxyl groups excluding tert-OH is 2. The first-order valence-corrected chi connectivity index (χ1v) is 6.04. The van der Waals surface area contributed by atoms with Crippen molar-refractivity contribution in [1.82, 2.24) is 10.3 Å². The number of rotatable bonds is 3. The normalized spacial score (nSPS) is 22.0. The minimum Gasteiger partial charge on any atom is -0.393 e. The predicted molar refractivity (Wildman–Crippen MR) is 65.9 cm³/mol. The third kappa shape index (κ3) is 2.77. The van der Waals surface area contributed by atoms with Crippen LogP contribution in [0.25, 0.3) is 0 Å². The Hall–Kier alpha value is -1.24. The molecule has 1 fully saturated rings. The summed E-state index contributed by atoms with van der Waals surface area (Å²) >= 11 is 0. The van der Waals surface area contributed by atoms with Crippen LogP contribution in [0.2, 0.25) is 0 Å². The molecule has 0 aromatic carbocycles. The number of hydrogen-bond donors (Lipinski definition) is 3. The molecule has 1 aliphatic rings. The molecule has 5 nitrogen and oxygen atoms in total. The first-order chi connectivity index (χ1) is 8.61. The van der Waals surface area contributed by atoms with Gasteiger partial charge in [0.1, 0.15) is 6.10 Å². The van der Waals surface area contributed by atoms with Crippen LogP contribution in [0, 0.1) is 5.82 Å². The van der Waals surface area contributed by atoms with E-state index >= 15 is 0 Å². The van der Waals surface area contributed by atoms with E-state index in [1.54, 1.807) is 0 Å². The lowest BCUT2D eigenvalue weighted by atomic mass is 10.1. The second kappa shape index (κ2) is 5.60. The van der Waals surface area contributed by atoms with Crippen molar-refractivity contribution in [2.24, 2.45) is 0 Å². The number of aliphatic hydroxyl groups is 2. The molecule has 1 aromatic rings. The monoisotopic (exact) mass is 255 g/mol. The molecule has 2 atom stereocenters. The number of hydrogen-bond acceptors (Lipinski definition) is 5. The second-order valence-electron chi connectivity index (χ2n) is 4.57. The van der Waals surface area contributed by atoms with Crippen molar-refractivity contribution in [3.63, 3.8) is 0 Å². The fraction of sp³-hybridized carbons (Fsp3) is 0.583. The number of nitrogens with zero attached hydrogens (tertiary/aromatic N) is 2. The van der Waals surface area contributed by atoms with Gasteiger partial charge in [0.25, 0.3) is 0 Å². The number of piperazine rings is 1. The number of aromatic nitrogens is 1. The largest absolute Gasteiger partial charge is 0.393 e. The fourth-order valence-electron chi connectivity index (χ4n) is 2.09. The molecule has 6 heteroatoms. The molecule has 2 rings (SSSR count). The quantitative estimate of drug-likeness (QED) is 0.712. The number of pyridine rings is 1. The topological polar surface area (TPSA) is 68.6 Å². The summed E-state index contributed by atoms with van der Waals surface area (Å²) < 4.78 is 13.9. The number of nitrogens with one attached hydrogen (secondary N) is 1. The molecule has 1 saturated heterocycles. The van der Waals surface area contributed by atoms with E-state index in [1.165, 1.54) is 12.3 Å².